The van der Waals surface area contributed by atoms with Crippen molar-refractivity contribution in [3.8, 4) is 0 Å². The van der Waals surface area contributed by atoms with Gasteiger partial charge in [0, 0.05) is 13.1 Å². The van der Waals surface area contributed by atoms with Crippen molar-refractivity contribution < 1.29 is 9.18 Å². The normalized spacial score (nSPS) is 17.2. The van der Waals surface area contributed by atoms with Gasteiger partial charge >= 0.3 is 0 Å². The molecule has 2 heterocycles. The van der Waals surface area contributed by atoms with Crippen LogP contribution in [0.5, 0.6) is 0 Å². The molecule has 1 atom stereocenters. The van der Waals surface area contributed by atoms with Crippen LogP contribution in [-0.4, -0.2) is 39.1 Å². The minimum absolute atomic E-state index is 0.0637. The number of thioether (sulfide) groups is 1. The number of aromatic nitrogens is 2. The molecule has 0 spiro atoms. The van der Waals surface area contributed by atoms with Gasteiger partial charge in [-0.3, -0.25) is 9.59 Å². The molecule has 7 heteroatoms. The smallest absolute Gasteiger partial charge is 0.259 e. The van der Waals surface area contributed by atoms with E-state index in [0.717, 1.165) is 25.9 Å². The molecule has 0 saturated carbocycles. The number of piperidine rings is 1. The number of benzene rings is 1. The molecule has 1 saturated heterocycles. The fourth-order valence-corrected chi connectivity index (χ4v) is 3.74. The van der Waals surface area contributed by atoms with Crippen LogP contribution in [0.4, 0.5) is 4.39 Å². The summed E-state index contributed by atoms with van der Waals surface area (Å²) in [5.74, 6) is 0.253. The second-order valence-corrected chi connectivity index (χ2v) is 7.63. The number of halogens is 1. The molecule has 1 aliphatic heterocycles. The van der Waals surface area contributed by atoms with Gasteiger partial charge in [0.05, 0.1) is 16.2 Å². The maximum atomic E-state index is 13.2. The van der Waals surface area contributed by atoms with Crippen molar-refractivity contribution in [2.75, 3.05) is 13.1 Å². The molecular formula is C17H20FN3O2S. The maximum absolute atomic E-state index is 13.2. The molecule has 2 aromatic rings. The number of carbonyl (C=O) groups is 1. The zero-order chi connectivity index (χ0) is 17.3. The Kier molecular flexibility index (Phi) is 4.89. The first-order chi connectivity index (χ1) is 11.4. The Morgan fingerprint density at radius 1 is 1.42 bits per heavy atom. The average Bonchev–Trinajstić information content (AvgIpc) is 2.55. The summed E-state index contributed by atoms with van der Waals surface area (Å²) >= 11 is 1.23. The minimum atomic E-state index is -0.474. The van der Waals surface area contributed by atoms with Crippen molar-refractivity contribution in [2.24, 2.45) is 5.92 Å². The largest absolute Gasteiger partial charge is 0.342 e. The van der Waals surface area contributed by atoms with E-state index in [1.54, 1.807) is 0 Å². The highest BCUT2D eigenvalue weighted by atomic mass is 32.2. The quantitative estimate of drug-likeness (QED) is 0.683. The van der Waals surface area contributed by atoms with Gasteiger partial charge in [0.2, 0.25) is 5.91 Å². The van der Waals surface area contributed by atoms with E-state index in [1.165, 1.54) is 30.0 Å². The van der Waals surface area contributed by atoms with Crippen molar-refractivity contribution >= 4 is 28.6 Å². The van der Waals surface area contributed by atoms with Crippen LogP contribution in [-0.2, 0) is 4.79 Å². The van der Waals surface area contributed by atoms with Gasteiger partial charge in [-0.1, -0.05) is 18.7 Å². The Morgan fingerprint density at radius 2 is 2.12 bits per heavy atom. The summed E-state index contributed by atoms with van der Waals surface area (Å²) in [5, 5.41) is 0.258. The van der Waals surface area contributed by atoms with Gasteiger partial charge in [0.25, 0.3) is 5.56 Å². The molecule has 0 aliphatic carbocycles. The lowest BCUT2D eigenvalue weighted by molar-refractivity contribution is -0.131. The third kappa shape index (κ3) is 3.61. The van der Waals surface area contributed by atoms with Crippen molar-refractivity contribution in [3.05, 3.63) is 34.4 Å². The number of likely N-dealkylation sites (tertiary alicyclic amines) is 1. The number of aromatic amines is 1. The van der Waals surface area contributed by atoms with Gasteiger partial charge in [-0.2, -0.15) is 0 Å². The summed E-state index contributed by atoms with van der Waals surface area (Å²) in [6.07, 6.45) is 2.06. The highest BCUT2D eigenvalue weighted by Crippen LogP contribution is 2.24. The summed E-state index contributed by atoms with van der Waals surface area (Å²) in [6.45, 7) is 5.59. The van der Waals surface area contributed by atoms with Crippen molar-refractivity contribution in [1.29, 1.82) is 0 Å². The summed E-state index contributed by atoms with van der Waals surface area (Å²) < 4.78 is 13.2. The second kappa shape index (κ2) is 6.93. The molecule has 0 radical (unpaired) electrons. The Balaban J connectivity index is 1.75. The van der Waals surface area contributed by atoms with E-state index >= 15 is 0 Å². The minimum Gasteiger partial charge on any atom is -0.342 e. The van der Waals surface area contributed by atoms with E-state index in [9.17, 15) is 14.0 Å². The van der Waals surface area contributed by atoms with Crippen LogP contribution in [0.2, 0.25) is 0 Å². The molecule has 1 N–H and O–H groups in total. The summed E-state index contributed by atoms with van der Waals surface area (Å²) in [4.78, 5) is 33.4. The van der Waals surface area contributed by atoms with Crippen LogP contribution in [0, 0.1) is 11.7 Å². The summed E-state index contributed by atoms with van der Waals surface area (Å²) in [6, 6.07) is 3.91. The lowest BCUT2D eigenvalue weighted by Crippen LogP contribution is -2.41. The number of H-pyrrole nitrogens is 1. The van der Waals surface area contributed by atoms with E-state index < -0.39 is 11.4 Å². The van der Waals surface area contributed by atoms with Crippen LogP contribution < -0.4 is 5.56 Å². The van der Waals surface area contributed by atoms with E-state index in [0.29, 0.717) is 16.6 Å². The molecule has 1 aromatic heterocycles. The van der Waals surface area contributed by atoms with E-state index in [1.807, 2.05) is 11.8 Å². The number of rotatable bonds is 3. The van der Waals surface area contributed by atoms with E-state index in [-0.39, 0.29) is 16.5 Å². The Labute approximate surface area is 143 Å². The number of hydrogen-bond acceptors (Lipinski definition) is 4. The third-order valence-corrected chi connectivity index (χ3v) is 5.35. The number of nitrogens with zero attached hydrogens (tertiary/aromatic N) is 2. The lowest BCUT2D eigenvalue weighted by Gasteiger charge is -2.31. The number of carbonyl (C=O) groups excluding carboxylic acids is 1. The topological polar surface area (TPSA) is 66.1 Å². The molecule has 128 valence electrons. The summed E-state index contributed by atoms with van der Waals surface area (Å²) in [7, 11) is 0. The molecule has 1 aliphatic rings. The van der Waals surface area contributed by atoms with Gasteiger partial charge in [0.15, 0.2) is 5.16 Å². The van der Waals surface area contributed by atoms with Crippen LogP contribution in [0.3, 0.4) is 0 Å². The standard InChI is InChI=1S/C17H20FN3O2S/c1-10-5-7-21(8-6-10)16(23)11(2)24-17-19-14-4-3-12(18)9-13(14)15(22)20-17/h3-4,9-11H,5-8H2,1-2H3,(H,19,20,22)/t11-/m0/s1. The van der Waals surface area contributed by atoms with Gasteiger partial charge in [0.1, 0.15) is 5.82 Å². The molecule has 24 heavy (non-hydrogen) atoms. The zero-order valence-corrected chi connectivity index (χ0v) is 14.5. The molecule has 0 bridgehead atoms. The van der Waals surface area contributed by atoms with Gasteiger partial charge in [-0.15, -0.1) is 0 Å². The number of nitrogens with one attached hydrogen (secondary N) is 1. The average molecular weight is 349 g/mol. The predicted molar refractivity (Wildman–Crippen MR) is 92.6 cm³/mol. The molecule has 3 rings (SSSR count). The van der Waals surface area contributed by atoms with Crippen LogP contribution in [0.15, 0.2) is 28.2 Å². The maximum Gasteiger partial charge on any atom is 0.259 e. The summed E-state index contributed by atoms with van der Waals surface area (Å²) in [5.41, 5.74) is 0.0301. The zero-order valence-electron chi connectivity index (χ0n) is 13.7. The van der Waals surface area contributed by atoms with Gasteiger partial charge in [-0.05, 0) is 43.9 Å². The molecule has 5 nitrogen and oxygen atoms in total. The Morgan fingerprint density at radius 3 is 2.83 bits per heavy atom. The number of fused-ring (bicyclic) bond motifs is 1. The third-order valence-electron chi connectivity index (χ3n) is 4.38. The van der Waals surface area contributed by atoms with E-state index in [2.05, 4.69) is 16.9 Å². The highest BCUT2D eigenvalue weighted by Gasteiger charge is 2.25. The number of amides is 1. The molecular weight excluding hydrogens is 329 g/mol. The first kappa shape index (κ1) is 17.0. The molecule has 0 unspecified atom stereocenters. The van der Waals surface area contributed by atoms with Crippen LogP contribution in [0.25, 0.3) is 10.9 Å². The van der Waals surface area contributed by atoms with Crippen molar-refractivity contribution in [3.63, 3.8) is 0 Å². The molecule has 1 amide bonds. The Hall–Kier alpha value is -1.89. The number of hydrogen-bond donors (Lipinski definition) is 1. The monoisotopic (exact) mass is 349 g/mol. The van der Waals surface area contributed by atoms with Crippen LogP contribution >= 0.6 is 11.8 Å². The lowest BCUT2D eigenvalue weighted by atomic mass is 9.99. The van der Waals surface area contributed by atoms with Crippen molar-refractivity contribution in [1.82, 2.24) is 14.9 Å². The molecule has 1 fully saturated rings. The van der Waals surface area contributed by atoms with E-state index in [4.69, 9.17) is 0 Å². The predicted octanol–water partition coefficient (Wildman–Crippen LogP) is 2.80. The fraction of sp³-hybridized carbons (Fsp3) is 0.471. The Bertz CT molecular complexity index is 815. The van der Waals surface area contributed by atoms with Gasteiger partial charge in [-0.25, -0.2) is 9.37 Å². The van der Waals surface area contributed by atoms with Crippen LogP contribution in [0.1, 0.15) is 26.7 Å². The first-order valence-electron chi connectivity index (χ1n) is 8.09. The highest BCUT2D eigenvalue weighted by molar-refractivity contribution is 8.00. The first-order valence-corrected chi connectivity index (χ1v) is 8.97. The SMILES string of the molecule is CC1CCN(C(=O)[C@H](C)Sc2nc3ccc(F)cc3c(=O)[nH]2)CC1. The molecule has 1 aromatic carbocycles. The van der Waals surface area contributed by atoms with Gasteiger partial charge < -0.3 is 9.88 Å². The fourth-order valence-electron chi connectivity index (χ4n) is 2.85. The van der Waals surface area contributed by atoms with Crippen molar-refractivity contribution in [2.45, 2.75) is 37.1 Å². The second-order valence-electron chi connectivity index (χ2n) is 6.30.